The van der Waals surface area contributed by atoms with Gasteiger partial charge >= 0.3 is 5.69 Å². The van der Waals surface area contributed by atoms with Crippen LogP contribution >= 0.6 is 0 Å². The summed E-state index contributed by atoms with van der Waals surface area (Å²) in [6.45, 7) is -0.210. The molecule has 98 valence electrons. The quantitative estimate of drug-likeness (QED) is 0.617. The molecule has 0 aliphatic rings. The van der Waals surface area contributed by atoms with Gasteiger partial charge in [0.2, 0.25) is 5.91 Å². The summed E-state index contributed by atoms with van der Waals surface area (Å²) in [5.74, 6) is -1.56. The molecular weight excluding hydrogens is 245 g/mol. The standard InChI is InChI=1S/C10H12FN3O4/c1-13(5-10(12)15)7-4-9(18-2)8(14(16)17)3-6(7)11/h3-4H,5H2,1-2H3,(H2,12,15). The Labute approximate surface area is 102 Å². The Balaban J connectivity index is 3.22. The van der Waals surface area contributed by atoms with Crippen LogP contribution in [0.15, 0.2) is 12.1 Å². The second-order valence-electron chi connectivity index (χ2n) is 3.55. The van der Waals surface area contributed by atoms with Gasteiger partial charge in [-0.15, -0.1) is 0 Å². The van der Waals surface area contributed by atoms with Crippen molar-refractivity contribution in [3.8, 4) is 5.75 Å². The van der Waals surface area contributed by atoms with Gasteiger partial charge < -0.3 is 15.4 Å². The Bertz CT molecular complexity index is 492. The minimum atomic E-state index is -0.828. The third kappa shape index (κ3) is 2.84. The fourth-order valence-electron chi connectivity index (χ4n) is 1.45. The minimum absolute atomic E-state index is 0.00347. The van der Waals surface area contributed by atoms with Crippen molar-refractivity contribution in [2.24, 2.45) is 5.73 Å². The zero-order chi connectivity index (χ0) is 13.9. The fraction of sp³-hybridized carbons (Fsp3) is 0.300. The van der Waals surface area contributed by atoms with Crippen LogP contribution in [0.5, 0.6) is 5.75 Å². The van der Waals surface area contributed by atoms with E-state index in [4.69, 9.17) is 10.5 Å². The van der Waals surface area contributed by atoms with Crippen molar-refractivity contribution >= 4 is 17.3 Å². The van der Waals surface area contributed by atoms with Gasteiger partial charge in [-0.1, -0.05) is 0 Å². The number of nitrogens with zero attached hydrogens (tertiary/aromatic N) is 2. The fourth-order valence-corrected chi connectivity index (χ4v) is 1.45. The minimum Gasteiger partial charge on any atom is -0.490 e. The topological polar surface area (TPSA) is 98.7 Å². The molecule has 7 nitrogen and oxygen atoms in total. The normalized spacial score (nSPS) is 9.94. The molecule has 18 heavy (non-hydrogen) atoms. The third-order valence-electron chi connectivity index (χ3n) is 2.25. The number of amides is 1. The summed E-state index contributed by atoms with van der Waals surface area (Å²) in [5, 5.41) is 10.7. The zero-order valence-corrected chi connectivity index (χ0v) is 9.84. The first-order chi connectivity index (χ1) is 8.36. The van der Waals surface area contributed by atoms with E-state index in [2.05, 4.69) is 0 Å². The predicted octanol–water partition coefficient (Wildman–Crippen LogP) is 0.664. The SMILES string of the molecule is COc1cc(N(C)CC(N)=O)c(F)cc1[N+](=O)[O-]. The van der Waals surface area contributed by atoms with Gasteiger partial charge in [0.1, 0.15) is 0 Å². The highest BCUT2D eigenvalue weighted by Gasteiger charge is 2.21. The highest BCUT2D eigenvalue weighted by Crippen LogP contribution is 2.33. The van der Waals surface area contributed by atoms with Gasteiger partial charge in [0.05, 0.1) is 30.3 Å². The van der Waals surface area contributed by atoms with Crippen LogP contribution in [0, 0.1) is 15.9 Å². The number of hydrogen-bond acceptors (Lipinski definition) is 5. The second-order valence-corrected chi connectivity index (χ2v) is 3.55. The molecule has 0 saturated heterocycles. The van der Waals surface area contributed by atoms with Crippen molar-refractivity contribution in [3.63, 3.8) is 0 Å². The van der Waals surface area contributed by atoms with E-state index in [1.165, 1.54) is 19.1 Å². The van der Waals surface area contributed by atoms with Crippen molar-refractivity contribution in [3.05, 3.63) is 28.1 Å². The highest BCUT2D eigenvalue weighted by atomic mass is 19.1. The summed E-state index contributed by atoms with van der Waals surface area (Å²) in [6, 6.07) is 1.89. The number of nitrogens with two attached hydrogens (primary N) is 1. The van der Waals surface area contributed by atoms with E-state index in [0.29, 0.717) is 0 Å². The first kappa shape index (κ1) is 13.7. The number of primary amides is 1. The first-order valence-electron chi connectivity index (χ1n) is 4.88. The maximum absolute atomic E-state index is 13.7. The van der Waals surface area contributed by atoms with Crippen LogP contribution in [-0.2, 0) is 4.79 Å². The van der Waals surface area contributed by atoms with Gasteiger partial charge in [0.25, 0.3) is 0 Å². The number of halogens is 1. The number of anilines is 1. The van der Waals surface area contributed by atoms with Crippen LogP contribution in [0.25, 0.3) is 0 Å². The Hall–Kier alpha value is -2.38. The number of carbonyl (C=O) groups is 1. The molecule has 1 aromatic carbocycles. The number of methoxy groups -OCH3 is 1. The molecule has 8 heteroatoms. The monoisotopic (exact) mass is 257 g/mol. The van der Waals surface area contributed by atoms with Crippen molar-refractivity contribution in [1.82, 2.24) is 0 Å². The van der Waals surface area contributed by atoms with Crippen LogP contribution in [0.1, 0.15) is 0 Å². The molecule has 0 fully saturated rings. The number of carbonyl (C=O) groups excluding carboxylic acids is 1. The number of benzene rings is 1. The summed E-state index contributed by atoms with van der Waals surface area (Å²) in [7, 11) is 2.67. The molecule has 1 amide bonds. The smallest absolute Gasteiger partial charge is 0.313 e. The largest absolute Gasteiger partial charge is 0.490 e. The van der Waals surface area contributed by atoms with Gasteiger partial charge in [-0.2, -0.15) is 0 Å². The molecule has 0 bridgehead atoms. The lowest BCUT2D eigenvalue weighted by Crippen LogP contribution is -2.31. The highest BCUT2D eigenvalue weighted by molar-refractivity contribution is 5.79. The lowest BCUT2D eigenvalue weighted by molar-refractivity contribution is -0.385. The van der Waals surface area contributed by atoms with Gasteiger partial charge in [0.15, 0.2) is 11.6 Å². The molecule has 0 unspecified atom stereocenters. The number of nitro benzene ring substituents is 1. The molecule has 2 N–H and O–H groups in total. The number of ether oxygens (including phenoxy) is 1. The van der Waals surface area contributed by atoms with Crippen molar-refractivity contribution < 1.29 is 18.8 Å². The first-order valence-corrected chi connectivity index (χ1v) is 4.88. The summed E-state index contributed by atoms with van der Waals surface area (Å²) in [4.78, 5) is 21.9. The maximum atomic E-state index is 13.7. The molecular formula is C10H12FN3O4. The van der Waals surface area contributed by atoms with Crippen molar-refractivity contribution in [1.29, 1.82) is 0 Å². The van der Waals surface area contributed by atoms with E-state index >= 15 is 0 Å². The van der Waals surface area contributed by atoms with Crippen LogP contribution in [0.4, 0.5) is 15.8 Å². The number of rotatable bonds is 5. The maximum Gasteiger partial charge on any atom is 0.313 e. The Morgan fingerprint density at radius 2 is 2.22 bits per heavy atom. The molecule has 0 spiro atoms. The van der Waals surface area contributed by atoms with Gasteiger partial charge in [-0.05, 0) is 0 Å². The molecule has 0 radical (unpaired) electrons. The third-order valence-corrected chi connectivity index (χ3v) is 2.25. The number of hydrogen-bond donors (Lipinski definition) is 1. The molecule has 0 aliphatic heterocycles. The zero-order valence-electron chi connectivity index (χ0n) is 9.84. The van der Waals surface area contributed by atoms with Gasteiger partial charge in [-0.3, -0.25) is 14.9 Å². The number of nitro groups is 1. The second kappa shape index (κ2) is 5.30. The van der Waals surface area contributed by atoms with E-state index in [1.54, 1.807) is 0 Å². The summed E-state index contributed by atoms with van der Waals surface area (Å²) < 4.78 is 18.5. The molecule has 0 saturated carbocycles. The Kier molecular flexibility index (Phi) is 4.03. The van der Waals surface area contributed by atoms with Crippen LogP contribution in [-0.4, -0.2) is 31.5 Å². The van der Waals surface area contributed by atoms with E-state index in [9.17, 15) is 19.3 Å². The van der Waals surface area contributed by atoms with Crippen LogP contribution < -0.4 is 15.4 Å². The molecule has 1 rings (SSSR count). The summed E-state index contributed by atoms with van der Waals surface area (Å²) in [6.07, 6.45) is 0. The lowest BCUT2D eigenvalue weighted by atomic mass is 10.2. The predicted molar refractivity (Wildman–Crippen MR) is 62.1 cm³/mol. The van der Waals surface area contributed by atoms with Crippen molar-refractivity contribution in [2.75, 3.05) is 25.6 Å². The molecule has 0 aromatic heterocycles. The average molecular weight is 257 g/mol. The van der Waals surface area contributed by atoms with Gasteiger partial charge in [0, 0.05) is 13.1 Å². The molecule has 0 heterocycles. The van der Waals surface area contributed by atoms with E-state index in [-0.39, 0.29) is 18.0 Å². The van der Waals surface area contributed by atoms with E-state index in [1.807, 2.05) is 0 Å². The van der Waals surface area contributed by atoms with Crippen LogP contribution in [0.2, 0.25) is 0 Å². The lowest BCUT2D eigenvalue weighted by Gasteiger charge is -2.18. The van der Waals surface area contributed by atoms with Crippen LogP contribution in [0.3, 0.4) is 0 Å². The molecule has 0 aliphatic carbocycles. The van der Waals surface area contributed by atoms with E-state index < -0.39 is 22.3 Å². The Morgan fingerprint density at radius 1 is 1.61 bits per heavy atom. The molecule has 1 aromatic rings. The Morgan fingerprint density at radius 3 is 2.67 bits per heavy atom. The van der Waals surface area contributed by atoms with E-state index in [0.717, 1.165) is 12.1 Å². The summed E-state index contributed by atoms with van der Waals surface area (Å²) in [5.41, 5.74) is 4.50. The summed E-state index contributed by atoms with van der Waals surface area (Å²) >= 11 is 0. The molecule has 0 atom stereocenters. The number of likely N-dealkylation sites (N-methyl/N-ethyl adjacent to an activating group) is 1. The van der Waals surface area contributed by atoms with Gasteiger partial charge in [-0.25, -0.2) is 4.39 Å². The average Bonchev–Trinajstić information content (AvgIpc) is 2.27. The van der Waals surface area contributed by atoms with Crippen molar-refractivity contribution in [2.45, 2.75) is 0 Å².